The van der Waals surface area contributed by atoms with Gasteiger partial charge in [0.2, 0.25) is 5.91 Å². The molecule has 7 nitrogen and oxygen atoms in total. The molecule has 0 aliphatic carbocycles. The lowest BCUT2D eigenvalue weighted by molar-refractivity contribution is -0.137. The van der Waals surface area contributed by atoms with Gasteiger partial charge >= 0.3 is 6.18 Å². The van der Waals surface area contributed by atoms with Crippen molar-refractivity contribution in [2.24, 2.45) is 0 Å². The number of benzene rings is 3. The number of amides is 2. The van der Waals surface area contributed by atoms with Gasteiger partial charge in [0.05, 0.1) is 23.5 Å². The number of nitrogens with one attached hydrogen (secondary N) is 2. The van der Waals surface area contributed by atoms with E-state index in [2.05, 4.69) is 57.5 Å². The van der Waals surface area contributed by atoms with Crippen LogP contribution in [0.25, 0.3) is 5.69 Å². The molecule has 3 aromatic carbocycles. The number of aromatic nitrogens is 3. The van der Waals surface area contributed by atoms with E-state index < -0.39 is 17.6 Å². The van der Waals surface area contributed by atoms with Crippen molar-refractivity contribution < 1.29 is 22.8 Å². The second kappa shape index (κ2) is 12.5. The zero-order chi connectivity index (χ0) is 29.8. The summed E-state index contributed by atoms with van der Waals surface area (Å²) in [4.78, 5) is 25.5. The summed E-state index contributed by atoms with van der Waals surface area (Å²) < 4.78 is 42.5. The van der Waals surface area contributed by atoms with Crippen molar-refractivity contribution in [1.29, 1.82) is 0 Å². The van der Waals surface area contributed by atoms with Gasteiger partial charge in [0.15, 0.2) is 11.0 Å². The molecule has 0 aliphatic heterocycles. The number of nitrogens with zero attached hydrogens (tertiary/aromatic N) is 3. The van der Waals surface area contributed by atoms with Crippen LogP contribution in [0.5, 0.6) is 0 Å². The lowest BCUT2D eigenvalue weighted by Crippen LogP contribution is -2.25. The SMILES string of the molecule is CC(C)(C)c1ccc(C(=O)NCc2nnc(SCC(=O)Nc3ccccc3C(F)(F)F)n2-c2ccc(Br)cc2)cc1. The molecule has 2 amide bonds. The fourth-order valence-corrected chi connectivity index (χ4v) is 4.93. The number of carbonyl (C=O) groups is 2. The van der Waals surface area contributed by atoms with Gasteiger partial charge in [0, 0.05) is 15.7 Å². The third-order valence-corrected chi connectivity index (χ3v) is 7.50. The summed E-state index contributed by atoms with van der Waals surface area (Å²) in [5.74, 6) is -0.719. The molecule has 12 heteroatoms. The normalized spacial score (nSPS) is 11.8. The summed E-state index contributed by atoms with van der Waals surface area (Å²) in [7, 11) is 0. The van der Waals surface area contributed by atoms with Crippen LogP contribution >= 0.6 is 27.7 Å². The topological polar surface area (TPSA) is 88.9 Å². The monoisotopic (exact) mass is 645 g/mol. The Morgan fingerprint density at radius 2 is 1.59 bits per heavy atom. The largest absolute Gasteiger partial charge is 0.418 e. The Hall–Kier alpha value is -3.64. The number of anilines is 1. The second-order valence-corrected chi connectivity index (χ2v) is 12.0. The van der Waals surface area contributed by atoms with Gasteiger partial charge in [-0.15, -0.1) is 10.2 Å². The van der Waals surface area contributed by atoms with Gasteiger partial charge in [-0.3, -0.25) is 14.2 Å². The lowest BCUT2D eigenvalue weighted by atomic mass is 9.87. The van der Waals surface area contributed by atoms with E-state index in [0.29, 0.717) is 22.2 Å². The zero-order valence-corrected chi connectivity index (χ0v) is 24.8. The Morgan fingerprint density at radius 3 is 2.22 bits per heavy atom. The standard InChI is InChI=1S/C29H27BrF3N5O2S/c1-28(2,3)19-10-8-18(9-11-19)26(40)34-16-24-36-37-27(38(24)21-14-12-20(30)13-15-21)41-17-25(39)35-23-7-5-4-6-22(23)29(31,32)33/h4-15H,16-17H2,1-3H3,(H,34,40)(H,35,39). The van der Waals surface area contributed by atoms with Crippen LogP contribution in [0.2, 0.25) is 0 Å². The van der Waals surface area contributed by atoms with Gasteiger partial charge in [0.25, 0.3) is 5.91 Å². The number of para-hydroxylation sites is 1. The molecule has 0 spiro atoms. The van der Waals surface area contributed by atoms with Crippen LogP contribution < -0.4 is 10.6 Å². The summed E-state index contributed by atoms with van der Waals surface area (Å²) in [6.07, 6.45) is -4.60. The number of halogens is 4. The van der Waals surface area contributed by atoms with E-state index in [0.717, 1.165) is 27.9 Å². The summed E-state index contributed by atoms with van der Waals surface area (Å²) in [6.45, 7) is 6.34. The van der Waals surface area contributed by atoms with E-state index in [4.69, 9.17) is 0 Å². The molecule has 1 heterocycles. The van der Waals surface area contributed by atoms with E-state index in [1.165, 1.54) is 18.2 Å². The summed E-state index contributed by atoms with van der Waals surface area (Å²) in [5.41, 5.74) is 1.00. The minimum Gasteiger partial charge on any atom is -0.345 e. The first kappa shape index (κ1) is 30.3. The highest BCUT2D eigenvalue weighted by Gasteiger charge is 2.33. The molecule has 0 saturated heterocycles. The summed E-state index contributed by atoms with van der Waals surface area (Å²) >= 11 is 4.42. The Kier molecular flexibility index (Phi) is 9.23. The lowest BCUT2D eigenvalue weighted by Gasteiger charge is -2.19. The predicted molar refractivity (Wildman–Crippen MR) is 156 cm³/mol. The number of carbonyl (C=O) groups excluding carboxylic acids is 2. The molecule has 1 aromatic heterocycles. The fraction of sp³-hybridized carbons (Fsp3) is 0.241. The maximum Gasteiger partial charge on any atom is 0.418 e. The molecule has 0 atom stereocenters. The van der Waals surface area contributed by atoms with Crippen LogP contribution in [0.4, 0.5) is 18.9 Å². The smallest absolute Gasteiger partial charge is 0.345 e. The molecule has 0 radical (unpaired) electrons. The first-order valence-electron chi connectivity index (χ1n) is 12.5. The van der Waals surface area contributed by atoms with E-state index in [9.17, 15) is 22.8 Å². The molecule has 214 valence electrons. The van der Waals surface area contributed by atoms with Gasteiger partial charge in [-0.2, -0.15) is 13.2 Å². The molecule has 41 heavy (non-hydrogen) atoms. The highest BCUT2D eigenvalue weighted by molar-refractivity contribution is 9.10. The maximum absolute atomic E-state index is 13.3. The van der Waals surface area contributed by atoms with Gasteiger partial charge in [-0.05, 0) is 59.5 Å². The molecule has 0 unspecified atom stereocenters. The first-order valence-corrected chi connectivity index (χ1v) is 14.3. The quantitative estimate of drug-likeness (QED) is 0.201. The fourth-order valence-electron chi connectivity index (χ4n) is 3.90. The van der Waals surface area contributed by atoms with Crippen molar-refractivity contribution in [1.82, 2.24) is 20.1 Å². The Bertz CT molecular complexity index is 1530. The molecule has 0 fully saturated rings. The first-order chi connectivity index (χ1) is 19.3. The van der Waals surface area contributed by atoms with Crippen LogP contribution in [0.1, 0.15) is 48.1 Å². The van der Waals surface area contributed by atoms with E-state index in [-0.39, 0.29) is 29.3 Å². The molecule has 4 aromatic rings. The average Bonchev–Trinajstić information content (AvgIpc) is 3.33. The Labute approximate surface area is 248 Å². The molecule has 0 saturated carbocycles. The van der Waals surface area contributed by atoms with Crippen LogP contribution in [-0.2, 0) is 22.9 Å². The van der Waals surface area contributed by atoms with Crippen molar-refractivity contribution in [2.45, 2.75) is 44.1 Å². The van der Waals surface area contributed by atoms with Crippen molar-refractivity contribution in [3.63, 3.8) is 0 Å². The third-order valence-electron chi connectivity index (χ3n) is 6.04. The maximum atomic E-state index is 13.3. The third kappa shape index (κ3) is 7.76. The van der Waals surface area contributed by atoms with Crippen LogP contribution in [0.3, 0.4) is 0 Å². The van der Waals surface area contributed by atoms with Gasteiger partial charge in [-0.25, -0.2) is 0 Å². The van der Waals surface area contributed by atoms with Crippen LogP contribution in [0, 0.1) is 0 Å². The summed E-state index contributed by atoms with van der Waals surface area (Å²) in [5, 5.41) is 13.9. The van der Waals surface area contributed by atoms with Crippen LogP contribution in [-0.4, -0.2) is 32.3 Å². The van der Waals surface area contributed by atoms with Crippen molar-refractivity contribution in [2.75, 3.05) is 11.1 Å². The molecule has 0 bridgehead atoms. The number of thioether (sulfide) groups is 1. The van der Waals surface area contributed by atoms with E-state index in [1.54, 1.807) is 16.7 Å². The van der Waals surface area contributed by atoms with Gasteiger partial charge in [0.1, 0.15) is 0 Å². The summed E-state index contributed by atoms with van der Waals surface area (Å²) in [6, 6.07) is 19.4. The highest BCUT2D eigenvalue weighted by atomic mass is 79.9. The minimum absolute atomic E-state index is 0.0389. The van der Waals surface area contributed by atoms with Crippen molar-refractivity contribution in [3.8, 4) is 5.69 Å². The number of hydrogen-bond donors (Lipinski definition) is 2. The Morgan fingerprint density at radius 1 is 0.927 bits per heavy atom. The number of hydrogen-bond acceptors (Lipinski definition) is 5. The highest BCUT2D eigenvalue weighted by Crippen LogP contribution is 2.34. The predicted octanol–water partition coefficient (Wildman–Crippen LogP) is 7.01. The molecular weight excluding hydrogens is 619 g/mol. The number of alkyl halides is 3. The molecule has 4 rings (SSSR count). The average molecular weight is 647 g/mol. The zero-order valence-electron chi connectivity index (χ0n) is 22.4. The van der Waals surface area contributed by atoms with Gasteiger partial charge in [-0.1, -0.05) is 72.7 Å². The van der Waals surface area contributed by atoms with E-state index in [1.807, 2.05) is 36.4 Å². The van der Waals surface area contributed by atoms with Gasteiger partial charge < -0.3 is 10.6 Å². The molecule has 0 aliphatic rings. The number of rotatable bonds is 8. The Balaban J connectivity index is 1.50. The minimum atomic E-state index is -4.60. The second-order valence-electron chi connectivity index (χ2n) is 10.1. The van der Waals surface area contributed by atoms with E-state index >= 15 is 0 Å². The van der Waals surface area contributed by atoms with Crippen LogP contribution in [0.15, 0.2) is 82.4 Å². The van der Waals surface area contributed by atoms with Crippen molar-refractivity contribution >= 4 is 45.2 Å². The van der Waals surface area contributed by atoms with Crippen molar-refractivity contribution in [3.05, 3.63) is 99.8 Å². The molecular formula is C29H27BrF3N5O2S. The molecule has 2 N–H and O–H groups in total.